The second-order valence-corrected chi connectivity index (χ2v) is 8.38. The smallest absolute Gasteiger partial charge is 0.264 e. The lowest BCUT2D eigenvalue weighted by Gasteiger charge is -2.14. The van der Waals surface area contributed by atoms with Crippen molar-refractivity contribution in [3.05, 3.63) is 63.1 Å². The number of para-hydroxylation sites is 1. The normalized spacial score (nSPS) is 11.2. The van der Waals surface area contributed by atoms with Crippen molar-refractivity contribution in [1.82, 2.24) is 19.7 Å². The third kappa shape index (κ3) is 3.40. The molecule has 1 aromatic carbocycles. The zero-order valence-electron chi connectivity index (χ0n) is 15.5. The second-order valence-electron chi connectivity index (χ2n) is 6.41. The van der Waals surface area contributed by atoms with E-state index in [4.69, 9.17) is 0 Å². The van der Waals surface area contributed by atoms with E-state index in [1.165, 1.54) is 11.3 Å². The molecule has 4 aromatic rings. The summed E-state index contributed by atoms with van der Waals surface area (Å²) in [5.41, 5.74) is 2.87. The molecule has 4 rings (SSSR count). The summed E-state index contributed by atoms with van der Waals surface area (Å²) in [6, 6.07) is 12.0. The Bertz CT molecular complexity index is 1090. The van der Waals surface area contributed by atoms with Gasteiger partial charge < -0.3 is 4.90 Å². The fourth-order valence-corrected chi connectivity index (χ4v) is 4.90. The van der Waals surface area contributed by atoms with Crippen LogP contribution in [0.3, 0.4) is 0 Å². The van der Waals surface area contributed by atoms with E-state index in [9.17, 15) is 4.79 Å². The highest BCUT2D eigenvalue weighted by Crippen LogP contribution is 2.31. The average molecular weight is 397 g/mol. The van der Waals surface area contributed by atoms with E-state index in [0.717, 1.165) is 43.6 Å². The van der Waals surface area contributed by atoms with Crippen LogP contribution in [-0.4, -0.2) is 32.6 Å². The molecule has 1 amide bonds. The fraction of sp³-hybridized carbons (Fsp3) is 0.250. The van der Waals surface area contributed by atoms with Gasteiger partial charge in [-0.05, 0) is 31.5 Å². The van der Waals surface area contributed by atoms with Crippen LogP contribution in [0.2, 0.25) is 0 Å². The van der Waals surface area contributed by atoms with Crippen LogP contribution >= 0.6 is 22.7 Å². The van der Waals surface area contributed by atoms with E-state index in [1.807, 2.05) is 60.4 Å². The summed E-state index contributed by atoms with van der Waals surface area (Å²) < 4.78 is 1.92. The number of aromatic nitrogens is 3. The van der Waals surface area contributed by atoms with E-state index in [0.29, 0.717) is 6.54 Å². The molecule has 3 aromatic heterocycles. The summed E-state index contributed by atoms with van der Waals surface area (Å²) >= 11 is 3.14. The number of carbonyl (C=O) groups is 1. The van der Waals surface area contributed by atoms with E-state index >= 15 is 0 Å². The number of thiazole rings is 1. The highest BCUT2D eigenvalue weighted by Gasteiger charge is 2.20. The standard InChI is InChI=1S/C20H20N4OS2/c1-4-18-21-14(12-26-18)11-23(3)19(25)17-10-16-13(2)22-24(20(16)27-17)15-8-6-5-7-9-15/h5-10,12H,4,11H2,1-3H3. The maximum atomic E-state index is 12.9. The van der Waals surface area contributed by atoms with E-state index in [2.05, 4.69) is 17.0 Å². The summed E-state index contributed by atoms with van der Waals surface area (Å²) in [5, 5.41) is 8.80. The molecule has 5 nitrogen and oxygen atoms in total. The Hall–Kier alpha value is -2.51. The third-order valence-corrected chi connectivity index (χ3v) is 6.54. The number of fused-ring (bicyclic) bond motifs is 1. The van der Waals surface area contributed by atoms with Crippen molar-refractivity contribution in [2.45, 2.75) is 26.8 Å². The first-order valence-electron chi connectivity index (χ1n) is 8.80. The molecule has 27 heavy (non-hydrogen) atoms. The van der Waals surface area contributed by atoms with Crippen LogP contribution in [0, 0.1) is 6.92 Å². The van der Waals surface area contributed by atoms with Gasteiger partial charge in [0.15, 0.2) is 0 Å². The highest BCUT2D eigenvalue weighted by atomic mass is 32.1. The Morgan fingerprint density at radius 3 is 2.74 bits per heavy atom. The molecule has 7 heteroatoms. The first kappa shape index (κ1) is 17.9. The Morgan fingerprint density at radius 2 is 2.04 bits per heavy atom. The number of aryl methyl sites for hydroxylation is 2. The van der Waals surface area contributed by atoms with Crippen LogP contribution in [0.5, 0.6) is 0 Å². The van der Waals surface area contributed by atoms with Crippen molar-refractivity contribution >= 4 is 38.8 Å². The minimum Gasteiger partial charge on any atom is -0.335 e. The van der Waals surface area contributed by atoms with E-state index in [-0.39, 0.29) is 5.91 Å². The third-order valence-electron chi connectivity index (χ3n) is 4.40. The number of thiophene rings is 1. The predicted octanol–water partition coefficient (Wildman–Crippen LogP) is 4.69. The molecule has 0 aliphatic carbocycles. The molecule has 0 aliphatic rings. The van der Waals surface area contributed by atoms with Crippen LogP contribution in [-0.2, 0) is 13.0 Å². The minimum absolute atomic E-state index is 0.0151. The van der Waals surface area contributed by atoms with E-state index < -0.39 is 0 Å². The van der Waals surface area contributed by atoms with Gasteiger partial charge in [0.05, 0.1) is 33.5 Å². The summed E-state index contributed by atoms with van der Waals surface area (Å²) in [7, 11) is 1.83. The average Bonchev–Trinajstić information content (AvgIpc) is 3.38. The summed E-state index contributed by atoms with van der Waals surface area (Å²) in [6.45, 7) is 4.59. The minimum atomic E-state index is 0.0151. The summed E-state index contributed by atoms with van der Waals surface area (Å²) in [5.74, 6) is 0.0151. The molecule has 0 aliphatic heterocycles. The fourth-order valence-electron chi connectivity index (χ4n) is 2.98. The van der Waals surface area contributed by atoms with Gasteiger partial charge in [0.25, 0.3) is 5.91 Å². The first-order valence-corrected chi connectivity index (χ1v) is 10.5. The van der Waals surface area contributed by atoms with Crippen molar-refractivity contribution in [3.8, 4) is 5.69 Å². The number of carbonyl (C=O) groups excluding carboxylic acids is 1. The molecule has 0 radical (unpaired) electrons. The van der Waals surface area contributed by atoms with Crippen LogP contribution in [0.4, 0.5) is 0 Å². The van der Waals surface area contributed by atoms with Crippen molar-refractivity contribution in [2.75, 3.05) is 7.05 Å². The highest BCUT2D eigenvalue weighted by molar-refractivity contribution is 7.20. The predicted molar refractivity (Wildman–Crippen MR) is 111 cm³/mol. The summed E-state index contributed by atoms with van der Waals surface area (Å²) in [6.07, 6.45) is 0.925. The maximum absolute atomic E-state index is 12.9. The maximum Gasteiger partial charge on any atom is 0.264 e. The molecule has 138 valence electrons. The Kier molecular flexibility index (Phi) is 4.80. The SMILES string of the molecule is CCc1nc(CN(C)C(=O)c2cc3c(C)nn(-c4ccccc4)c3s2)cs1. The largest absolute Gasteiger partial charge is 0.335 e. The number of hydrogen-bond donors (Lipinski definition) is 0. The van der Waals surface area contributed by atoms with Crippen molar-refractivity contribution in [1.29, 1.82) is 0 Å². The zero-order valence-corrected chi connectivity index (χ0v) is 17.1. The molecular weight excluding hydrogens is 376 g/mol. The molecule has 0 spiro atoms. The molecule has 0 bridgehead atoms. The number of amides is 1. The number of nitrogens with zero attached hydrogens (tertiary/aromatic N) is 4. The Labute approximate surface area is 165 Å². The van der Waals surface area contributed by atoms with Crippen LogP contribution in [0.1, 0.15) is 33.0 Å². The Morgan fingerprint density at radius 1 is 1.26 bits per heavy atom. The molecular formula is C20H20N4OS2. The van der Waals surface area contributed by atoms with Crippen LogP contribution in [0.15, 0.2) is 41.8 Å². The van der Waals surface area contributed by atoms with Gasteiger partial charge in [0.2, 0.25) is 0 Å². The van der Waals surface area contributed by atoms with Gasteiger partial charge in [-0.3, -0.25) is 4.79 Å². The van der Waals surface area contributed by atoms with Gasteiger partial charge in [-0.15, -0.1) is 22.7 Å². The first-order chi connectivity index (χ1) is 13.1. The molecule has 3 heterocycles. The van der Waals surface area contributed by atoms with Crippen LogP contribution < -0.4 is 0 Å². The lowest BCUT2D eigenvalue weighted by Crippen LogP contribution is -2.25. The van der Waals surface area contributed by atoms with Gasteiger partial charge in [-0.1, -0.05) is 25.1 Å². The quantitative estimate of drug-likeness (QED) is 0.492. The lowest BCUT2D eigenvalue weighted by molar-refractivity contribution is 0.0788. The number of benzene rings is 1. The zero-order chi connectivity index (χ0) is 19.0. The van der Waals surface area contributed by atoms with Crippen molar-refractivity contribution < 1.29 is 4.79 Å². The topological polar surface area (TPSA) is 51.0 Å². The van der Waals surface area contributed by atoms with Gasteiger partial charge in [0.1, 0.15) is 4.83 Å². The number of hydrogen-bond acceptors (Lipinski definition) is 5. The molecule has 0 saturated heterocycles. The molecule has 0 fully saturated rings. The van der Waals surface area contributed by atoms with Crippen molar-refractivity contribution in [2.24, 2.45) is 0 Å². The number of rotatable bonds is 5. The Balaban J connectivity index is 1.62. The monoisotopic (exact) mass is 396 g/mol. The van der Waals surface area contributed by atoms with Gasteiger partial charge >= 0.3 is 0 Å². The summed E-state index contributed by atoms with van der Waals surface area (Å²) in [4.78, 5) is 20.9. The molecule has 0 atom stereocenters. The van der Waals surface area contributed by atoms with Gasteiger partial charge in [-0.25, -0.2) is 9.67 Å². The lowest BCUT2D eigenvalue weighted by atomic mass is 10.3. The molecule has 0 saturated carbocycles. The van der Waals surface area contributed by atoms with Crippen molar-refractivity contribution in [3.63, 3.8) is 0 Å². The molecule has 0 N–H and O–H groups in total. The van der Waals surface area contributed by atoms with Gasteiger partial charge in [-0.2, -0.15) is 5.10 Å². The van der Waals surface area contributed by atoms with E-state index in [1.54, 1.807) is 16.2 Å². The molecule has 0 unspecified atom stereocenters. The van der Waals surface area contributed by atoms with Gasteiger partial charge in [0, 0.05) is 17.8 Å². The second kappa shape index (κ2) is 7.25. The van der Waals surface area contributed by atoms with Crippen LogP contribution in [0.25, 0.3) is 15.9 Å².